The van der Waals surface area contributed by atoms with Gasteiger partial charge in [0.2, 0.25) is 5.91 Å². The molecule has 4 nitrogen and oxygen atoms in total. The lowest BCUT2D eigenvalue weighted by atomic mass is 10.0. The minimum absolute atomic E-state index is 0.123. The normalized spacial score (nSPS) is 12.4. The lowest BCUT2D eigenvalue weighted by molar-refractivity contribution is -0.117. The summed E-state index contributed by atoms with van der Waals surface area (Å²) in [4.78, 5) is 14.0. The molecule has 0 heterocycles. The first-order valence-corrected chi connectivity index (χ1v) is 6.65. The van der Waals surface area contributed by atoms with Gasteiger partial charge in [0.05, 0.1) is 6.04 Å². The monoisotopic (exact) mass is 263 g/mol. The zero-order valence-corrected chi connectivity index (χ0v) is 12.5. The molecule has 0 aliphatic heterocycles. The van der Waals surface area contributed by atoms with Gasteiger partial charge in [-0.05, 0) is 37.0 Å². The third-order valence-corrected chi connectivity index (χ3v) is 3.02. The molecule has 1 amide bonds. The number of carbonyl (C=O) groups is 1. The second-order valence-corrected chi connectivity index (χ2v) is 5.62. The van der Waals surface area contributed by atoms with Gasteiger partial charge >= 0.3 is 0 Å². The molecule has 0 aromatic heterocycles. The molecule has 3 N–H and O–H groups in total. The number of rotatable bonds is 5. The van der Waals surface area contributed by atoms with Crippen LogP contribution in [0.1, 0.15) is 25.8 Å². The van der Waals surface area contributed by atoms with E-state index in [0.29, 0.717) is 12.3 Å². The van der Waals surface area contributed by atoms with Gasteiger partial charge < -0.3 is 16.0 Å². The third-order valence-electron chi connectivity index (χ3n) is 3.02. The highest BCUT2D eigenvalue weighted by molar-refractivity contribution is 5.95. The molecule has 19 heavy (non-hydrogen) atoms. The molecule has 0 unspecified atom stereocenters. The molecular weight excluding hydrogens is 238 g/mol. The predicted molar refractivity (Wildman–Crippen MR) is 81.6 cm³/mol. The summed E-state index contributed by atoms with van der Waals surface area (Å²) >= 11 is 0. The average molecular weight is 263 g/mol. The number of nitrogens with zero attached hydrogens (tertiary/aromatic N) is 1. The number of nitrogens with one attached hydrogen (secondary N) is 1. The first kappa shape index (κ1) is 15.5. The molecule has 0 aliphatic rings. The maximum absolute atomic E-state index is 12.0. The van der Waals surface area contributed by atoms with Crippen LogP contribution in [0.15, 0.2) is 18.2 Å². The van der Waals surface area contributed by atoms with Crippen molar-refractivity contribution >= 4 is 17.3 Å². The summed E-state index contributed by atoms with van der Waals surface area (Å²) in [7, 11) is 3.97. The van der Waals surface area contributed by atoms with Crippen molar-refractivity contribution in [3.8, 4) is 0 Å². The largest absolute Gasteiger partial charge is 0.377 e. The van der Waals surface area contributed by atoms with Crippen molar-refractivity contribution < 1.29 is 4.79 Å². The van der Waals surface area contributed by atoms with Gasteiger partial charge in [-0.2, -0.15) is 0 Å². The Balaban J connectivity index is 2.77. The van der Waals surface area contributed by atoms with Crippen molar-refractivity contribution in [3.05, 3.63) is 23.8 Å². The minimum Gasteiger partial charge on any atom is -0.377 e. The molecule has 0 bridgehead atoms. The van der Waals surface area contributed by atoms with Gasteiger partial charge in [-0.25, -0.2) is 0 Å². The highest BCUT2D eigenvalue weighted by atomic mass is 16.2. The molecule has 0 spiro atoms. The van der Waals surface area contributed by atoms with Crippen LogP contribution in [0.25, 0.3) is 0 Å². The number of aryl methyl sites for hydroxylation is 1. The Bertz CT molecular complexity index is 441. The molecule has 4 heteroatoms. The van der Waals surface area contributed by atoms with E-state index in [1.165, 1.54) is 5.56 Å². The topological polar surface area (TPSA) is 58.4 Å². The van der Waals surface area contributed by atoms with Gasteiger partial charge in [-0.3, -0.25) is 4.79 Å². The molecule has 0 saturated carbocycles. The minimum atomic E-state index is -0.455. The van der Waals surface area contributed by atoms with Crippen LogP contribution in [0, 0.1) is 12.8 Å². The molecule has 1 rings (SSSR count). The van der Waals surface area contributed by atoms with Gasteiger partial charge in [0.1, 0.15) is 0 Å². The smallest absolute Gasteiger partial charge is 0.241 e. The second-order valence-electron chi connectivity index (χ2n) is 5.62. The maximum Gasteiger partial charge on any atom is 0.241 e. The van der Waals surface area contributed by atoms with Gasteiger partial charge in [0.15, 0.2) is 0 Å². The van der Waals surface area contributed by atoms with Gasteiger partial charge in [0.25, 0.3) is 0 Å². The van der Waals surface area contributed by atoms with E-state index in [0.717, 1.165) is 11.4 Å². The summed E-state index contributed by atoms with van der Waals surface area (Å²) in [5.41, 5.74) is 8.93. The van der Waals surface area contributed by atoms with Crippen LogP contribution in [0.5, 0.6) is 0 Å². The first-order chi connectivity index (χ1) is 8.81. The standard InChI is InChI=1S/C15H25N3O/c1-10(2)8-13(16)15(19)17-12-7-6-11(3)14(9-12)18(4)5/h6-7,9-10,13H,8,16H2,1-5H3,(H,17,19)/t13-/m0/s1. The van der Waals surface area contributed by atoms with Crippen LogP contribution in [0.4, 0.5) is 11.4 Å². The SMILES string of the molecule is Cc1ccc(NC(=O)[C@@H](N)CC(C)C)cc1N(C)C. The van der Waals surface area contributed by atoms with Gasteiger partial charge in [0, 0.05) is 25.5 Å². The Kier molecular flexibility index (Phi) is 5.36. The molecule has 1 atom stereocenters. The number of anilines is 2. The fourth-order valence-electron chi connectivity index (χ4n) is 2.02. The van der Waals surface area contributed by atoms with E-state index in [9.17, 15) is 4.79 Å². The predicted octanol–water partition coefficient (Wildman–Crippen LogP) is 2.37. The fraction of sp³-hybridized carbons (Fsp3) is 0.533. The van der Waals surface area contributed by atoms with E-state index >= 15 is 0 Å². The Hall–Kier alpha value is -1.55. The zero-order chi connectivity index (χ0) is 14.6. The van der Waals surface area contributed by atoms with Crippen molar-refractivity contribution in [1.29, 1.82) is 0 Å². The Morgan fingerprint density at radius 3 is 2.53 bits per heavy atom. The summed E-state index contributed by atoms with van der Waals surface area (Å²) in [6.07, 6.45) is 0.693. The zero-order valence-electron chi connectivity index (χ0n) is 12.5. The van der Waals surface area contributed by atoms with Crippen LogP contribution in [0.2, 0.25) is 0 Å². The van der Waals surface area contributed by atoms with E-state index in [4.69, 9.17) is 5.73 Å². The number of hydrogen-bond acceptors (Lipinski definition) is 3. The molecule has 0 fully saturated rings. The van der Waals surface area contributed by atoms with Crippen LogP contribution in [0.3, 0.4) is 0 Å². The summed E-state index contributed by atoms with van der Waals surface area (Å²) in [5.74, 6) is 0.290. The molecule has 1 aromatic carbocycles. The summed E-state index contributed by atoms with van der Waals surface area (Å²) in [6, 6.07) is 5.42. The summed E-state index contributed by atoms with van der Waals surface area (Å²) in [6.45, 7) is 6.16. The summed E-state index contributed by atoms with van der Waals surface area (Å²) in [5, 5.41) is 2.88. The van der Waals surface area contributed by atoms with Crippen molar-refractivity contribution in [1.82, 2.24) is 0 Å². The number of hydrogen-bond donors (Lipinski definition) is 2. The van der Waals surface area contributed by atoms with Crippen LogP contribution >= 0.6 is 0 Å². The van der Waals surface area contributed by atoms with E-state index in [1.807, 2.05) is 44.1 Å². The third kappa shape index (κ3) is 4.56. The molecule has 0 radical (unpaired) electrons. The lowest BCUT2D eigenvalue weighted by Gasteiger charge is -2.18. The van der Waals surface area contributed by atoms with E-state index in [1.54, 1.807) is 0 Å². The van der Waals surface area contributed by atoms with Crippen LogP contribution < -0.4 is 16.0 Å². The number of nitrogens with two attached hydrogens (primary N) is 1. The molecule has 0 aliphatic carbocycles. The maximum atomic E-state index is 12.0. The molecular formula is C15H25N3O. The fourth-order valence-corrected chi connectivity index (χ4v) is 2.02. The van der Waals surface area contributed by atoms with Crippen molar-refractivity contribution in [2.75, 3.05) is 24.3 Å². The van der Waals surface area contributed by atoms with Crippen molar-refractivity contribution in [3.63, 3.8) is 0 Å². The lowest BCUT2D eigenvalue weighted by Crippen LogP contribution is -2.36. The number of amides is 1. The Labute approximate surface area is 116 Å². The number of benzene rings is 1. The summed E-state index contributed by atoms with van der Waals surface area (Å²) < 4.78 is 0. The highest BCUT2D eigenvalue weighted by Crippen LogP contribution is 2.22. The highest BCUT2D eigenvalue weighted by Gasteiger charge is 2.15. The van der Waals surface area contributed by atoms with Crippen LogP contribution in [-0.4, -0.2) is 26.0 Å². The van der Waals surface area contributed by atoms with E-state index in [-0.39, 0.29) is 5.91 Å². The Morgan fingerprint density at radius 2 is 2.00 bits per heavy atom. The van der Waals surface area contributed by atoms with E-state index < -0.39 is 6.04 Å². The first-order valence-electron chi connectivity index (χ1n) is 6.65. The Morgan fingerprint density at radius 1 is 1.37 bits per heavy atom. The molecule has 0 saturated heterocycles. The molecule has 106 valence electrons. The quantitative estimate of drug-likeness (QED) is 0.857. The molecule has 1 aromatic rings. The number of carbonyl (C=O) groups excluding carboxylic acids is 1. The van der Waals surface area contributed by atoms with E-state index in [2.05, 4.69) is 19.2 Å². The van der Waals surface area contributed by atoms with Gasteiger partial charge in [-0.1, -0.05) is 19.9 Å². The van der Waals surface area contributed by atoms with Gasteiger partial charge in [-0.15, -0.1) is 0 Å². The van der Waals surface area contributed by atoms with Crippen molar-refractivity contribution in [2.45, 2.75) is 33.2 Å². The average Bonchev–Trinajstić information content (AvgIpc) is 2.30. The second kappa shape index (κ2) is 6.57. The van der Waals surface area contributed by atoms with Crippen LogP contribution in [-0.2, 0) is 4.79 Å². The van der Waals surface area contributed by atoms with Crippen molar-refractivity contribution in [2.24, 2.45) is 11.7 Å².